The summed E-state index contributed by atoms with van der Waals surface area (Å²) in [5, 5.41) is 8.91. The first kappa shape index (κ1) is 10.2. The van der Waals surface area contributed by atoms with Crippen LogP contribution in [-0.4, -0.2) is 41.6 Å². The van der Waals surface area contributed by atoms with Gasteiger partial charge < -0.3 is 5.11 Å². The van der Waals surface area contributed by atoms with Crippen molar-refractivity contribution >= 4 is 11.6 Å². The monoisotopic (exact) mass is 165 g/mol. The highest BCUT2D eigenvalue weighted by atomic mass is 35.5. The van der Waals surface area contributed by atoms with Gasteiger partial charge in [-0.25, -0.2) is 0 Å². The summed E-state index contributed by atoms with van der Waals surface area (Å²) in [7, 11) is 1.96. The molecule has 0 aliphatic carbocycles. The number of aliphatic hydroxyl groups excluding tert-OH is 1. The van der Waals surface area contributed by atoms with Gasteiger partial charge in [-0.15, -0.1) is 11.6 Å². The molecule has 0 aromatic carbocycles. The fourth-order valence-corrected chi connectivity index (χ4v) is 0.804. The molecule has 0 aromatic rings. The van der Waals surface area contributed by atoms with Gasteiger partial charge in [0.25, 0.3) is 0 Å². The van der Waals surface area contributed by atoms with Crippen LogP contribution in [0.5, 0.6) is 0 Å². The second-order valence-electron chi connectivity index (χ2n) is 3.08. The average molecular weight is 166 g/mol. The van der Waals surface area contributed by atoms with E-state index in [1.807, 2.05) is 25.8 Å². The van der Waals surface area contributed by atoms with E-state index in [1.54, 1.807) is 0 Å². The van der Waals surface area contributed by atoms with Crippen molar-refractivity contribution in [2.75, 3.05) is 26.1 Å². The van der Waals surface area contributed by atoms with Crippen LogP contribution in [0.3, 0.4) is 0 Å². The number of hydrogen-bond donors (Lipinski definition) is 1. The third kappa shape index (κ3) is 2.86. The van der Waals surface area contributed by atoms with E-state index >= 15 is 0 Å². The number of aliphatic hydroxyl groups is 1. The van der Waals surface area contributed by atoms with Gasteiger partial charge in [0.15, 0.2) is 0 Å². The highest BCUT2D eigenvalue weighted by Crippen LogP contribution is 2.09. The fraction of sp³-hybridized carbons (Fsp3) is 1.00. The Bertz CT molecular complexity index is 95.6. The molecule has 0 radical (unpaired) electrons. The Balaban J connectivity index is 3.78. The van der Waals surface area contributed by atoms with Crippen LogP contribution in [-0.2, 0) is 0 Å². The van der Waals surface area contributed by atoms with Gasteiger partial charge in [0, 0.05) is 18.0 Å². The molecule has 2 nitrogen and oxygen atoms in total. The summed E-state index contributed by atoms with van der Waals surface area (Å²) in [4.78, 5) is 2.04. The van der Waals surface area contributed by atoms with E-state index in [0.717, 1.165) is 6.54 Å². The van der Waals surface area contributed by atoms with Crippen LogP contribution in [0.2, 0.25) is 0 Å². The molecule has 0 saturated heterocycles. The van der Waals surface area contributed by atoms with E-state index < -0.39 is 0 Å². The number of hydrogen-bond acceptors (Lipinski definition) is 2. The van der Waals surface area contributed by atoms with Gasteiger partial charge in [0.2, 0.25) is 0 Å². The summed E-state index contributed by atoms with van der Waals surface area (Å²) in [6, 6.07) is 0. The zero-order valence-electron chi connectivity index (χ0n) is 6.89. The molecule has 0 bridgehead atoms. The van der Waals surface area contributed by atoms with Crippen LogP contribution >= 0.6 is 11.6 Å². The minimum Gasteiger partial charge on any atom is -0.394 e. The van der Waals surface area contributed by atoms with Crippen molar-refractivity contribution in [3.8, 4) is 0 Å². The Morgan fingerprint density at radius 3 is 2.30 bits per heavy atom. The Labute approximate surface area is 67.8 Å². The first-order valence-corrected chi connectivity index (χ1v) is 3.96. The number of rotatable bonds is 4. The maximum Gasteiger partial charge on any atom is 0.0609 e. The molecule has 0 rings (SSSR count). The molecule has 3 heteroatoms. The smallest absolute Gasteiger partial charge is 0.0609 e. The van der Waals surface area contributed by atoms with Crippen molar-refractivity contribution in [1.29, 1.82) is 0 Å². The first-order chi connectivity index (χ1) is 4.54. The van der Waals surface area contributed by atoms with Crippen LogP contribution < -0.4 is 0 Å². The van der Waals surface area contributed by atoms with Crippen molar-refractivity contribution in [3.05, 3.63) is 0 Å². The van der Waals surface area contributed by atoms with E-state index in [-0.39, 0.29) is 12.1 Å². The van der Waals surface area contributed by atoms with Gasteiger partial charge in [-0.05, 0) is 20.9 Å². The van der Waals surface area contributed by atoms with Crippen LogP contribution in [0.25, 0.3) is 0 Å². The quantitative estimate of drug-likeness (QED) is 0.627. The largest absolute Gasteiger partial charge is 0.394 e. The third-order valence-electron chi connectivity index (χ3n) is 1.84. The molecule has 0 atom stereocenters. The molecule has 10 heavy (non-hydrogen) atoms. The summed E-state index contributed by atoms with van der Waals surface area (Å²) < 4.78 is 0. The van der Waals surface area contributed by atoms with Crippen LogP contribution in [0.1, 0.15) is 13.8 Å². The van der Waals surface area contributed by atoms with Crippen molar-refractivity contribution in [2.24, 2.45) is 0 Å². The molecular formula is C7H16ClNO. The van der Waals surface area contributed by atoms with Gasteiger partial charge in [-0.1, -0.05) is 0 Å². The third-order valence-corrected chi connectivity index (χ3v) is 2.01. The Kier molecular flexibility index (Phi) is 4.25. The minimum atomic E-state index is -0.144. The van der Waals surface area contributed by atoms with E-state index in [4.69, 9.17) is 16.7 Å². The highest BCUT2D eigenvalue weighted by molar-refractivity contribution is 6.18. The molecule has 0 unspecified atom stereocenters. The Morgan fingerprint density at radius 1 is 1.50 bits per heavy atom. The van der Waals surface area contributed by atoms with Gasteiger partial charge in [0.1, 0.15) is 0 Å². The second kappa shape index (κ2) is 4.16. The van der Waals surface area contributed by atoms with Crippen molar-refractivity contribution < 1.29 is 5.11 Å². The van der Waals surface area contributed by atoms with Crippen LogP contribution in [0.15, 0.2) is 0 Å². The van der Waals surface area contributed by atoms with E-state index in [1.165, 1.54) is 0 Å². The molecule has 0 aliphatic rings. The Morgan fingerprint density at radius 2 is 2.00 bits per heavy atom. The van der Waals surface area contributed by atoms with Crippen molar-refractivity contribution in [3.63, 3.8) is 0 Å². The highest BCUT2D eigenvalue weighted by Gasteiger charge is 2.20. The molecular weight excluding hydrogens is 150 g/mol. The second-order valence-corrected chi connectivity index (χ2v) is 3.46. The standard InChI is InChI=1S/C7H16ClNO/c1-7(2,6-10)9(3)5-4-8/h10H,4-6H2,1-3H3. The van der Waals surface area contributed by atoms with Gasteiger partial charge >= 0.3 is 0 Å². The van der Waals surface area contributed by atoms with E-state index in [2.05, 4.69) is 0 Å². The minimum absolute atomic E-state index is 0.144. The molecule has 0 aliphatic heterocycles. The van der Waals surface area contributed by atoms with E-state index in [9.17, 15) is 0 Å². The normalized spacial score (nSPS) is 12.6. The molecule has 62 valence electrons. The predicted octanol–water partition coefficient (Wildman–Crippen LogP) is 0.928. The summed E-state index contributed by atoms with van der Waals surface area (Å²) in [6.07, 6.45) is 0. The van der Waals surface area contributed by atoms with Gasteiger partial charge in [-0.3, -0.25) is 4.90 Å². The molecule has 0 amide bonds. The molecule has 0 spiro atoms. The zero-order valence-corrected chi connectivity index (χ0v) is 7.65. The van der Waals surface area contributed by atoms with Crippen LogP contribution in [0, 0.1) is 0 Å². The lowest BCUT2D eigenvalue weighted by Crippen LogP contribution is -2.45. The SMILES string of the molecule is CN(CCCl)C(C)(C)CO. The maximum absolute atomic E-state index is 8.91. The topological polar surface area (TPSA) is 23.5 Å². The average Bonchev–Trinajstić information content (AvgIpc) is 1.89. The molecule has 0 aromatic heterocycles. The lowest BCUT2D eigenvalue weighted by molar-refractivity contribution is 0.0842. The number of nitrogens with zero attached hydrogens (tertiary/aromatic N) is 1. The fourth-order valence-electron chi connectivity index (χ4n) is 0.550. The maximum atomic E-state index is 8.91. The lowest BCUT2D eigenvalue weighted by Gasteiger charge is -2.33. The number of likely N-dealkylation sites (N-methyl/N-ethyl adjacent to an activating group) is 1. The van der Waals surface area contributed by atoms with Gasteiger partial charge in [-0.2, -0.15) is 0 Å². The van der Waals surface area contributed by atoms with Crippen molar-refractivity contribution in [2.45, 2.75) is 19.4 Å². The number of alkyl halides is 1. The molecule has 1 N–H and O–H groups in total. The molecule has 0 heterocycles. The van der Waals surface area contributed by atoms with Crippen molar-refractivity contribution in [1.82, 2.24) is 4.90 Å². The van der Waals surface area contributed by atoms with Crippen LogP contribution in [0.4, 0.5) is 0 Å². The summed E-state index contributed by atoms with van der Waals surface area (Å²) in [6.45, 7) is 4.95. The lowest BCUT2D eigenvalue weighted by atomic mass is 10.1. The summed E-state index contributed by atoms with van der Waals surface area (Å²) in [5.74, 6) is 0.611. The molecule has 0 fully saturated rings. The zero-order chi connectivity index (χ0) is 8.20. The first-order valence-electron chi connectivity index (χ1n) is 3.42. The molecule has 0 saturated carbocycles. The Hall–Kier alpha value is 0.210. The number of halogens is 1. The summed E-state index contributed by atoms with van der Waals surface area (Å²) >= 11 is 5.54. The van der Waals surface area contributed by atoms with Gasteiger partial charge in [0.05, 0.1) is 6.61 Å². The van der Waals surface area contributed by atoms with E-state index in [0.29, 0.717) is 5.88 Å². The summed E-state index contributed by atoms with van der Waals surface area (Å²) in [5.41, 5.74) is -0.144. The predicted molar refractivity (Wildman–Crippen MR) is 44.5 cm³/mol.